The first-order valence-corrected chi connectivity index (χ1v) is 5.88. The fourth-order valence-electron chi connectivity index (χ4n) is 2.02. The molecule has 0 aliphatic rings. The minimum atomic E-state index is 0.0948. The number of rotatable bonds is 4. The Balaban J connectivity index is 2.40. The third-order valence-corrected chi connectivity index (χ3v) is 2.84. The number of aryl methyl sites for hydroxylation is 2. The molecule has 4 nitrogen and oxygen atoms in total. The molecule has 0 amide bonds. The first kappa shape index (κ1) is 11.8. The highest BCUT2D eigenvalue weighted by molar-refractivity contribution is 5.23. The molecule has 90 valence electrons. The van der Waals surface area contributed by atoms with E-state index < -0.39 is 0 Å². The monoisotopic (exact) mass is 230 g/mol. The van der Waals surface area contributed by atoms with Crippen LogP contribution in [0.1, 0.15) is 30.0 Å². The molecule has 0 aliphatic carbocycles. The number of pyridine rings is 1. The summed E-state index contributed by atoms with van der Waals surface area (Å²) < 4.78 is 1.99. The molecular weight excluding hydrogens is 212 g/mol. The summed E-state index contributed by atoms with van der Waals surface area (Å²) in [6, 6.07) is 8.22. The van der Waals surface area contributed by atoms with Crippen LogP contribution in [-0.2, 0) is 6.54 Å². The van der Waals surface area contributed by atoms with Gasteiger partial charge in [-0.2, -0.15) is 5.10 Å². The topological polar surface area (TPSA) is 42.7 Å². The van der Waals surface area contributed by atoms with E-state index in [-0.39, 0.29) is 6.04 Å². The van der Waals surface area contributed by atoms with Crippen LogP contribution in [0.2, 0.25) is 0 Å². The average molecular weight is 230 g/mol. The lowest BCUT2D eigenvalue weighted by Gasteiger charge is -2.17. The maximum absolute atomic E-state index is 4.57. The van der Waals surface area contributed by atoms with Gasteiger partial charge in [-0.3, -0.25) is 9.67 Å². The minimum absolute atomic E-state index is 0.0948. The molecule has 0 bridgehead atoms. The highest BCUT2D eigenvalue weighted by atomic mass is 15.3. The highest BCUT2D eigenvalue weighted by Gasteiger charge is 2.17. The summed E-state index contributed by atoms with van der Waals surface area (Å²) in [5.41, 5.74) is 3.21. The molecule has 1 atom stereocenters. The lowest BCUT2D eigenvalue weighted by Crippen LogP contribution is -2.22. The number of nitrogens with one attached hydrogen (secondary N) is 1. The predicted octanol–water partition coefficient (Wildman–Crippen LogP) is 1.92. The predicted molar refractivity (Wildman–Crippen MR) is 67.8 cm³/mol. The van der Waals surface area contributed by atoms with Crippen molar-refractivity contribution in [2.45, 2.75) is 26.4 Å². The van der Waals surface area contributed by atoms with Crippen molar-refractivity contribution in [3.05, 3.63) is 47.5 Å². The van der Waals surface area contributed by atoms with Gasteiger partial charge in [0.1, 0.15) is 0 Å². The number of hydrogen-bond acceptors (Lipinski definition) is 3. The van der Waals surface area contributed by atoms with Gasteiger partial charge in [-0.1, -0.05) is 6.07 Å². The summed E-state index contributed by atoms with van der Waals surface area (Å²) >= 11 is 0. The van der Waals surface area contributed by atoms with Gasteiger partial charge < -0.3 is 5.32 Å². The van der Waals surface area contributed by atoms with Crippen molar-refractivity contribution >= 4 is 0 Å². The van der Waals surface area contributed by atoms with Crippen LogP contribution < -0.4 is 5.32 Å². The zero-order valence-corrected chi connectivity index (χ0v) is 10.5. The second-order valence-corrected chi connectivity index (χ2v) is 4.00. The van der Waals surface area contributed by atoms with Crippen LogP contribution in [0.15, 0.2) is 30.5 Å². The highest BCUT2D eigenvalue weighted by Crippen LogP contribution is 2.19. The standard InChI is InChI=1S/C13H18N4/c1-4-17-12(8-9-15-17)13(14-3)11-7-5-6-10(2)16-11/h5-9,13-14H,4H2,1-3H3. The third kappa shape index (κ3) is 2.36. The van der Waals surface area contributed by atoms with E-state index in [0.717, 1.165) is 23.6 Å². The third-order valence-electron chi connectivity index (χ3n) is 2.84. The molecule has 1 unspecified atom stereocenters. The van der Waals surface area contributed by atoms with E-state index in [1.807, 2.05) is 49.1 Å². The van der Waals surface area contributed by atoms with E-state index in [2.05, 4.69) is 22.3 Å². The molecule has 2 rings (SSSR count). The quantitative estimate of drug-likeness (QED) is 0.872. The van der Waals surface area contributed by atoms with Gasteiger partial charge in [0.05, 0.1) is 17.4 Å². The summed E-state index contributed by atoms with van der Waals surface area (Å²) in [6.07, 6.45) is 1.83. The van der Waals surface area contributed by atoms with Gasteiger partial charge in [-0.15, -0.1) is 0 Å². The number of aromatic nitrogens is 3. The fraction of sp³-hybridized carbons (Fsp3) is 0.385. The molecule has 0 saturated heterocycles. The van der Waals surface area contributed by atoms with E-state index >= 15 is 0 Å². The summed E-state index contributed by atoms with van der Waals surface area (Å²) in [6.45, 7) is 4.96. The van der Waals surface area contributed by atoms with Crippen LogP contribution in [0.4, 0.5) is 0 Å². The molecular formula is C13H18N4. The Morgan fingerprint density at radius 3 is 2.82 bits per heavy atom. The Hall–Kier alpha value is -1.68. The van der Waals surface area contributed by atoms with E-state index in [0.29, 0.717) is 0 Å². The average Bonchev–Trinajstić information content (AvgIpc) is 2.78. The van der Waals surface area contributed by atoms with Crippen molar-refractivity contribution in [2.75, 3.05) is 7.05 Å². The van der Waals surface area contributed by atoms with Gasteiger partial charge in [0, 0.05) is 18.4 Å². The van der Waals surface area contributed by atoms with Gasteiger partial charge in [-0.05, 0) is 39.1 Å². The van der Waals surface area contributed by atoms with Crippen molar-refractivity contribution in [3.8, 4) is 0 Å². The minimum Gasteiger partial charge on any atom is -0.307 e. The zero-order chi connectivity index (χ0) is 12.3. The van der Waals surface area contributed by atoms with E-state index in [4.69, 9.17) is 0 Å². The van der Waals surface area contributed by atoms with E-state index in [1.165, 1.54) is 0 Å². The maximum atomic E-state index is 4.57. The molecule has 0 aromatic carbocycles. The van der Waals surface area contributed by atoms with Crippen LogP contribution in [0.3, 0.4) is 0 Å². The normalized spacial score (nSPS) is 12.6. The second kappa shape index (κ2) is 5.10. The largest absolute Gasteiger partial charge is 0.307 e. The van der Waals surface area contributed by atoms with Crippen molar-refractivity contribution in [3.63, 3.8) is 0 Å². The van der Waals surface area contributed by atoms with Crippen LogP contribution in [0.25, 0.3) is 0 Å². The molecule has 2 aromatic heterocycles. The van der Waals surface area contributed by atoms with Crippen molar-refractivity contribution in [1.82, 2.24) is 20.1 Å². The van der Waals surface area contributed by atoms with Gasteiger partial charge in [0.15, 0.2) is 0 Å². The Kier molecular flexibility index (Phi) is 3.54. The van der Waals surface area contributed by atoms with Gasteiger partial charge in [0.2, 0.25) is 0 Å². The maximum Gasteiger partial charge on any atom is 0.0919 e. The lowest BCUT2D eigenvalue weighted by molar-refractivity contribution is 0.555. The molecule has 0 aliphatic heterocycles. The SMILES string of the molecule is CCn1nccc1C(NC)c1cccc(C)n1. The smallest absolute Gasteiger partial charge is 0.0919 e. The summed E-state index contributed by atoms with van der Waals surface area (Å²) in [5.74, 6) is 0. The molecule has 2 aromatic rings. The molecule has 2 heterocycles. The van der Waals surface area contributed by atoms with Crippen LogP contribution in [0, 0.1) is 6.92 Å². The molecule has 17 heavy (non-hydrogen) atoms. The first-order chi connectivity index (χ1) is 8.26. The molecule has 0 saturated carbocycles. The molecule has 4 heteroatoms. The zero-order valence-electron chi connectivity index (χ0n) is 10.5. The molecule has 1 N–H and O–H groups in total. The fourth-order valence-corrected chi connectivity index (χ4v) is 2.02. The van der Waals surface area contributed by atoms with Gasteiger partial charge in [0.25, 0.3) is 0 Å². The lowest BCUT2D eigenvalue weighted by atomic mass is 10.1. The summed E-state index contributed by atoms with van der Waals surface area (Å²) in [5, 5.41) is 7.60. The second-order valence-electron chi connectivity index (χ2n) is 4.00. The number of nitrogens with zero attached hydrogens (tertiary/aromatic N) is 3. The Labute approximate surface area is 102 Å². The Morgan fingerprint density at radius 2 is 2.18 bits per heavy atom. The Bertz CT molecular complexity index is 490. The van der Waals surface area contributed by atoms with Gasteiger partial charge in [-0.25, -0.2) is 0 Å². The van der Waals surface area contributed by atoms with Gasteiger partial charge >= 0.3 is 0 Å². The summed E-state index contributed by atoms with van der Waals surface area (Å²) in [4.78, 5) is 4.57. The molecule has 0 fully saturated rings. The van der Waals surface area contributed by atoms with Crippen LogP contribution >= 0.6 is 0 Å². The van der Waals surface area contributed by atoms with E-state index in [9.17, 15) is 0 Å². The summed E-state index contributed by atoms with van der Waals surface area (Å²) in [7, 11) is 1.95. The van der Waals surface area contributed by atoms with Crippen LogP contribution in [0.5, 0.6) is 0 Å². The molecule has 0 radical (unpaired) electrons. The first-order valence-electron chi connectivity index (χ1n) is 5.88. The Morgan fingerprint density at radius 1 is 1.35 bits per heavy atom. The van der Waals surface area contributed by atoms with Crippen molar-refractivity contribution in [2.24, 2.45) is 0 Å². The van der Waals surface area contributed by atoms with Crippen molar-refractivity contribution < 1.29 is 0 Å². The van der Waals surface area contributed by atoms with Crippen molar-refractivity contribution in [1.29, 1.82) is 0 Å². The number of hydrogen-bond donors (Lipinski definition) is 1. The molecule has 0 spiro atoms. The van der Waals surface area contributed by atoms with Crippen LogP contribution in [-0.4, -0.2) is 21.8 Å². The van der Waals surface area contributed by atoms with E-state index in [1.54, 1.807) is 0 Å².